The van der Waals surface area contributed by atoms with E-state index in [4.69, 9.17) is 0 Å². The summed E-state index contributed by atoms with van der Waals surface area (Å²) in [5.74, 6) is 0.821. The minimum Gasteiger partial charge on any atom is -0.316 e. The van der Waals surface area contributed by atoms with Crippen LogP contribution in [0.2, 0.25) is 0 Å². The molecule has 1 aromatic heterocycles. The van der Waals surface area contributed by atoms with Crippen molar-refractivity contribution >= 4 is 0 Å². The first-order valence-electron chi connectivity index (χ1n) is 5.18. The fraction of sp³-hybridized carbons (Fsp3) is 0.700. The molecule has 1 fully saturated rings. The highest BCUT2D eigenvalue weighted by Gasteiger charge is 2.31. The molecule has 0 amide bonds. The molecule has 13 heavy (non-hydrogen) atoms. The number of nitrogens with one attached hydrogen (secondary N) is 1. The molecule has 2 aliphatic rings. The Bertz CT molecular complexity index is 305. The Balaban J connectivity index is 1.97. The van der Waals surface area contributed by atoms with E-state index in [2.05, 4.69) is 21.2 Å². The molecule has 2 atom stereocenters. The SMILES string of the molecule is c1cc2n(n1)C1CCNCC1CC2. The van der Waals surface area contributed by atoms with Crippen LogP contribution in [-0.2, 0) is 6.42 Å². The van der Waals surface area contributed by atoms with Crippen molar-refractivity contribution in [2.45, 2.75) is 25.3 Å². The number of nitrogens with zero attached hydrogens (tertiary/aromatic N) is 2. The smallest absolute Gasteiger partial charge is 0.0574 e. The van der Waals surface area contributed by atoms with Crippen LogP contribution in [0, 0.1) is 5.92 Å². The predicted molar refractivity (Wildman–Crippen MR) is 50.6 cm³/mol. The summed E-state index contributed by atoms with van der Waals surface area (Å²) in [5.41, 5.74) is 1.43. The van der Waals surface area contributed by atoms with Crippen molar-refractivity contribution in [3.63, 3.8) is 0 Å². The number of piperidine rings is 1. The van der Waals surface area contributed by atoms with E-state index in [9.17, 15) is 0 Å². The first kappa shape index (κ1) is 7.56. The molecular weight excluding hydrogens is 162 g/mol. The average Bonchev–Trinajstić information content (AvgIpc) is 2.65. The molecule has 2 unspecified atom stereocenters. The highest BCUT2D eigenvalue weighted by molar-refractivity contribution is 5.07. The standard InChI is InChI=1S/C10H15N3/c1-2-9-3-6-12-13(9)10-4-5-11-7-8(1)10/h3,6,8,10-11H,1-2,4-5,7H2. The van der Waals surface area contributed by atoms with Gasteiger partial charge in [0.05, 0.1) is 6.04 Å². The van der Waals surface area contributed by atoms with E-state index in [1.165, 1.54) is 31.5 Å². The molecule has 3 heterocycles. The van der Waals surface area contributed by atoms with E-state index in [1.807, 2.05) is 6.20 Å². The third-order valence-corrected chi connectivity index (χ3v) is 3.41. The zero-order valence-electron chi connectivity index (χ0n) is 7.74. The molecular formula is C10H15N3. The molecule has 2 aliphatic heterocycles. The zero-order chi connectivity index (χ0) is 8.67. The number of aryl methyl sites for hydroxylation is 1. The largest absolute Gasteiger partial charge is 0.316 e. The molecule has 1 N–H and O–H groups in total. The van der Waals surface area contributed by atoms with Crippen LogP contribution in [0.15, 0.2) is 12.3 Å². The van der Waals surface area contributed by atoms with E-state index < -0.39 is 0 Å². The number of fused-ring (bicyclic) bond motifs is 3. The van der Waals surface area contributed by atoms with Crippen LogP contribution in [0.4, 0.5) is 0 Å². The summed E-state index contributed by atoms with van der Waals surface area (Å²) >= 11 is 0. The van der Waals surface area contributed by atoms with Crippen LogP contribution < -0.4 is 5.32 Å². The van der Waals surface area contributed by atoms with Gasteiger partial charge in [-0.2, -0.15) is 5.10 Å². The normalized spacial score (nSPS) is 32.3. The Morgan fingerprint density at radius 1 is 1.46 bits per heavy atom. The third-order valence-electron chi connectivity index (χ3n) is 3.41. The maximum atomic E-state index is 4.43. The van der Waals surface area contributed by atoms with Gasteiger partial charge >= 0.3 is 0 Å². The maximum Gasteiger partial charge on any atom is 0.0574 e. The summed E-state index contributed by atoms with van der Waals surface area (Å²) < 4.78 is 2.26. The molecule has 3 heteroatoms. The van der Waals surface area contributed by atoms with Gasteiger partial charge in [-0.15, -0.1) is 0 Å². The molecule has 70 valence electrons. The maximum absolute atomic E-state index is 4.43. The third kappa shape index (κ3) is 1.10. The Morgan fingerprint density at radius 2 is 2.46 bits per heavy atom. The lowest BCUT2D eigenvalue weighted by molar-refractivity contribution is 0.199. The first-order valence-corrected chi connectivity index (χ1v) is 5.18. The Kier molecular flexibility index (Phi) is 1.65. The van der Waals surface area contributed by atoms with E-state index in [0.717, 1.165) is 12.5 Å². The van der Waals surface area contributed by atoms with Crippen molar-refractivity contribution in [1.82, 2.24) is 15.1 Å². The van der Waals surface area contributed by atoms with Crippen LogP contribution in [0.3, 0.4) is 0 Å². The van der Waals surface area contributed by atoms with Gasteiger partial charge < -0.3 is 5.32 Å². The number of rotatable bonds is 0. The van der Waals surface area contributed by atoms with Gasteiger partial charge in [-0.05, 0) is 37.8 Å². The molecule has 1 saturated heterocycles. The second kappa shape index (κ2) is 2.84. The first-order chi connectivity index (χ1) is 6.45. The molecule has 0 bridgehead atoms. The van der Waals surface area contributed by atoms with Crippen molar-refractivity contribution in [2.24, 2.45) is 5.92 Å². The second-order valence-electron chi connectivity index (χ2n) is 4.13. The van der Waals surface area contributed by atoms with Gasteiger partial charge in [-0.1, -0.05) is 0 Å². The van der Waals surface area contributed by atoms with Crippen molar-refractivity contribution in [3.05, 3.63) is 18.0 Å². The van der Waals surface area contributed by atoms with Gasteiger partial charge in [-0.3, -0.25) is 4.68 Å². The quantitative estimate of drug-likeness (QED) is 0.640. The van der Waals surface area contributed by atoms with Crippen LogP contribution in [0.5, 0.6) is 0 Å². The predicted octanol–water partition coefficient (Wildman–Crippen LogP) is 0.980. The van der Waals surface area contributed by atoms with Crippen molar-refractivity contribution in [2.75, 3.05) is 13.1 Å². The van der Waals surface area contributed by atoms with Crippen molar-refractivity contribution in [1.29, 1.82) is 0 Å². The fourth-order valence-corrected chi connectivity index (χ4v) is 2.70. The molecule has 3 nitrogen and oxygen atoms in total. The summed E-state index contributed by atoms with van der Waals surface area (Å²) in [7, 11) is 0. The lowest BCUT2D eigenvalue weighted by atomic mass is 9.86. The Hall–Kier alpha value is -0.830. The highest BCUT2D eigenvalue weighted by atomic mass is 15.3. The van der Waals surface area contributed by atoms with Crippen LogP contribution in [0.1, 0.15) is 24.6 Å². The van der Waals surface area contributed by atoms with Crippen molar-refractivity contribution in [3.8, 4) is 0 Å². The summed E-state index contributed by atoms with van der Waals surface area (Å²) in [4.78, 5) is 0. The molecule has 0 radical (unpaired) electrons. The molecule has 0 spiro atoms. The number of aromatic nitrogens is 2. The minimum absolute atomic E-state index is 0.681. The van der Waals surface area contributed by atoms with Gasteiger partial charge in [0.2, 0.25) is 0 Å². The lowest BCUT2D eigenvalue weighted by Gasteiger charge is -2.36. The average molecular weight is 177 g/mol. The Morgan fingerprint density at radius 3 is 3.46 bits per heavy atom. The van der Waals surface area contributed by atoms with Crippen LogP contribution >= 0.6 is 0 Å². The fourth-order valence-electron chi connectivity index (χ4n) is 2.70. The second-order valence-corrected chi connectivity index (χ2v) is 4.13. The van der Waals surface area contributed by atoms with E-state index in [1.54, 1.807) is 0 Å². The molecule has 0 aliphatic carbocycles. The van der Waals surface area contributed by atoms with E-state index >= 15 is 0 Å². The van der Waals surface area contributed by atoms with Crippen LogP contribution in [-0.4, -0.2) is 22.9 Å². The Labute approximate surface area is 78.1 Å². The van der Waals surface area contributed by atoms with Gasteiger partial charge in [0.25, 0.3) is 0 Å². The monoisotopic (exact) mass is 177 g/mol. The lowest BCUT2D eigenvalue weighted by Crippen LogP contribution is -2.41. The summed E-state index contributed by atoms with van der Waals surface area (Å²) in [5, 5.41) is 7.90. The van der Waals surface area contributed by atoms with Crippen LogP contribution in [0.25, 0.3) is 0 Å². The summed E-state index contributed by atoms with van der Waals surface area (Å²) in [6.45, 7) is 2.34. The molecule has 1 aromatic rings. The summed E-state index contributed by atoms with van der Waals surface area (Å²) in [6.07, 6.45) is 5.74. The molecule has 0 aromatic carbocycles. The zero-order valence-corrected chi connectivity index (χ0v) is 7.74. The van der Waals surface area contributed by atoms with E-state index in [-0.39, 0.29) is 0 Å². The van der Waals surface area contributed by atoms with Gasteiger partial charge in [0.15, 0.2) is 0 Å². The topological polar surface area (TPSA) is 29.9 Å². The number of hydrogen-bond donors (Lipinski definition) is 1. The molecule has 0 saturated carbocycles. The molecule has 3 rings (SSSR count). The highest BCUT2D eigenvalue weighted by Crippen LogP contribution is 2.33. The van der Waals surface area contributed by atoms with Gasteiger partial charge in [0.1, 0.15) is 0 Å². The van der Waals surface area contributed by atoms with Gasteiger partial charge in [0, 0.05) is 18.4 Å². The van der Waals surface area contributed by atoms with E-state index in [0.29, 0.717) is 6.04 Å². The van der Waals surface area contributed by atoms with Crippen molar-refractivity contribution < 1.29 is 0 Å². The summed E-state index contributed by atoms with van der Waals surface area (Å²) in [6, 6.07) is 2.85. The minimum atomic E-state index is 0.681. The number of hydrogen-bond acceptors (Lipinski definition) is 2. The van der Waals surface area contributed by atoms with Gasteiger partial charge in [-0.25, -0.2) is 0 Å².